The van der Waals surface area contributed by atoms with Gasteiger partial charge >= 0.3 is 0 Å². The normalized spacial score (nSPS) is 15.5. The van der Waals surface area contributed by atoms with Crippen molar-refractivity contribution in [3.63, 3.8) is 0 Å². The molecule has 3 heteroatoms. The zero-order chi connectivity index (χ0) is 12.3. The van der Waals surface area contributed by atoms with Gasteiger partial charge < -0.3 is 9.88 Å². The molecule has 1 fully saturated rings. The van der Waals surface area contributed by atoms with Gasteiger partial charge in [0.05, 0.1) is 5.69 Å². The van der Waals surface area contributed by atoms with E-state index in [9.17, 15) is 0 Å². The quantitative estimate of drug-likeness (QED) is 0.734. The van der Waals surface area contributed by atoms with Crippen LogP contribution in [0, 0.1) is 18.8 Å². The average Bonchev–Trinajstić information content (AvgIpc) is 2.99. The maximum atomic E-state index is 4.55. The average molecular weight is 235 g/mol. The Bertz CT molecular complexity index is 350. The van der Waals surface area contributed by atoms with Crippen LogP contribution < -0.4 is 5.32 Å². The van der Waals surface area contributed by atoms with E-state index in [0.29, 0.717) is 5.92 Å². The summed E-state index contributed by atoms with van der Waals surface area (Å²) >= 11 is 0. The summed E-state index contributed by atoms with van der Waals surface area (Å²) in [5, 5.41) is 3.47. The van der Waals surface area contributed by atoms with Crippen LogP contribution in [0.2, 0.25) is 0 Å². The maximum Gasteiger partial charge on any atom is 0.203 e. The summed E-state index contributed by atoms with van der Waals surface area (Å²) in [6.45, 7) is 8.65. The van der Waals surface area contributed by atoms with E-state index < -0.39 is 0 Å². The molecule has 0 spiro atoms. The molecule has 96 valence electrons. The number of hydrogen-bond donors (Lipinski definition) is 1. The monoisotopic (exact) mass is 235 g/mol. The first kappa shape index (κ1) is 12.5. The predicted octanol–water partition coefficient (Wildman–Crippen LogP) is 3.45. The Morgan fingerprint density at radius 3 is 2.88 bits per heavy atom. The Hall–Kier alpha value is -0.990. The molecular formula is C14H25N3. The minimum atomic E-state index is 0.663. The third kappa shape index (κ3) is 4.06. The van der Waals surface area contributed by atoms with Crippen LogP contribution in [0.1, 0.15) is 45.2 Å². The summed E-state index contributed by atoms with van der Waals surface area (Å²) < 4.78 is 2.25. The van der Waals surface area contributed by atoms with Crippen molar-refractivity contribution < 1.29 is 0 Å². The smallest absolute Gasteiger partial charge is 0.203 e. The fourth-order valence-electron chi connectivity index (χ4n) is 2.22. The van der Waals surface area contributed by atoms with Gasteiger partial charge in [-0.2, -0.15) is 0 Å². The first-order valence-corrected chi connectivity index (χ1v) is 6.93. The Kier molecular flexibility index (Phi) is 4.08. The van der Waals surface area contributed by atoms with Gasteiger partial charge in [-0.25, -0.2) is 4.98 Å². The first-order valence-electron chi connectivity index (χ1n) is 6.93. The van der Waals surface area contributed by atoms with Crippen molar-refractivity contribution in [3.05, 3.63) is 11.9 Å². The Balaban J connectivity index is 1.80. The van der Waals surface area contributed by atoms with Crippen molar-refractivity contribution in [2.45, 2.75) is 53.0 Å². The highest BCUT2D eigenvalue weighted by Gasteiger charge is 2.20. The Morgan fingerprint density at radius 1 is 1.47 bits per heavy atom. The molecule has 1 aliphatic carbocycles. The fraction of sp³-hybridized carbons (Fsp3) is 0.786. The van der Waals surface area contributed by atoms with Gasteiger partial charge in [-0.05, 0) is 31.6 Å². The van der Waals surface area contributed by atoms with Gasteiger partial charge in [-0.15, -0.1) is 0 Å². The standard InChI is InChI=1S/C14H25N3/c1-11(2)9-17-10-12(3)16-14(17)15-8-4-5-13-6-7-13/h10-11,13H,4-9H2,1-3H3,(H,15,16). The summed E-state index contributed by atoms with van der Waals surface area (Å²) in [6.07, 6.45) is 7.72. The lowest BCUT2D eigenvalue weighted by Crippen LogP contribution is -2.11. The largest absolute Gasteiger partial charge is 0.356 e. The van der Waals surface area contributed by atoms with E-state index >= 15 is 0 Å². The molecule has 1 saturated carbocycles. The van der Waals surface area contributed by atoms with Crippen LogP contribution in [0.25, 0.3) is 0 Å². The lowest BCUT2D eigenvalue weighted by atomic mass is 10.2. The predicted molar refractivity (Wildman–Crippen MR) is 72.2 cm³/mol. The third-order valence-corrected chi connectivity index (χ3v) is 3.23. The van der Waals surface area contributed by atoms with Gasteiger partial charge in [-0.1, -0.05) is 26.7 Å². The molecular weight excluding hydrogens is 210 g/mol. The van der Waals surface area contributed by atoms with Crippen molar-refractivity contribution in [2.75, 3.05) is 11.9 Å². The summed E-state index contributed by atoms with van der Waals surface area (Å²) in [4.78, 5) is 4.55. The van der Waals surface area contributed by atoms with E-state index in [4.69, 9.17) is 0 Å². The van der Waals surface area contributed by atoms with Gasteiger partial charge in [-0.3, -0.25) is 0 Å². The van der Waals surface area contributed by atoms with Gasteiger partial charge in [0.2, 0.25) is 5.95 Å². The second-order valence-corrected chi connectivity index (χ2v) is 5.76. The molecule has 0 amide bonds. The SMILES string of the molecule is Cc1cn(CC(C)C)c(NCCCC2CC2)n1. The van der Waals surface area contributed by atoms with Crippen LogP contribution in [-0.4, -0.2) is 16.1 Å². The molecule has 2 rings (SSSR count). The zero-order valence-corrected chi connectivity index (χ0v) is 11.4. The molecule has 0 bridgehead atoms. The first-order chi connectivity index (χ1) is 8.15. The van der Waals surface area contributed by atoms with Crippen molar-refractivity contribution >= 4 is 5.95 Å². The summed E-state index contributed by atoms with van der Waals surface area (Å²) in [6, 6.07) is 0. The molecule has 1 heterocycles. The molecule has 0 saturated heterocycles. The topological polar surface area (TPSA) is 29.9 Å². The van der Waals surface area contributed by atoms with Crippen LogP contribution in [0.15, 0.2) is 6.20 Å². The zero-order valence-electron chi connectivity index (χ0n) is 11.4. The number of nitrogens with one attached hydrogen (secondary N) is 1. The van der Waals surface area contributed by atoms with E-state index in [-0.39, 0.29) is 0 Å². The maximum absolute atomic E-state index is 4.55. The minimum Gasteiger partial charge on any atom is -0.356 e. The number of imidazole rings is 1. The lowest BCUT2D eigenvalue weighted by Gasteiger charge is -2.11. The molecule has 1 N–H and O–H groups in total. The van der Waals surface area contributed by atoms with Crippen LogP contribution in [0.3, 0.4) is 0 Å². The third-order valence-electron chi connectivity index (χ3n) is 3.23. The molecule has 0 radical (unpaired) electrons. The molecule has 0 atom stereocenters. The van der Waals surface area contributed by atoms with Crippen molar-refractivity contribution in [1.29, 1.82) is 0 Å². The number of aromatic nitrogens is 2. The van der Waals surface area contributed by atoms with Crippen LogP contribution in [0.5, 0.6) is 0 Å². The second kappa shape index (κ2) is 5.56. The summed E-state index contributed by atoms with van der Waals surface area (Å²) in [5.74, 6) is 2.75. The van der Waals surface area contributed by atoms with Gasteiger partial charge in [0.1, 0.15) is 0 Å². The number of rotatable bonds is 7. The molecule has 1 aliphatic rings. The molecule has 1 aromatic heterocycles. The molecule has 0 unspecified atom stereocenters. The lowest BCUT2D eigenvalue weighted by molar-refractivity contribution is 0.525. The molecule has 1 aromatic rings. The van der Waals surface area contributed by atoms with Gasteiger partial charge in [0.25, 0.3) is 0 Å². The van der Waals surface area contributed by atoms with E-state index in [2.05, 4.69) is 41.8 Å². The van der Waals surface area contributed by atoms with Crippen molar-refractivity contribution in [3.8, 4) is 0 Å². The highest BCUT2D eigenvalue weighted by molar-refractivity contribution is 5.28. The highest BCUT2D eigenvalue weighted by Crippen LogP contribution is 2.33. The van der Waals surface area contributed by atoms with E-state index in [1.807, 2.05) is 0 Å². The van der Waals surface area contributed by atoms with E-state index in [0.717, 1.165) is 30.6 Å². The van der Waals surface area contributed by atoms with Gasteiger partial charge in [0, 0.05) is 19.3 Å². The summed E-state index contributed by atoms with van der Waals surface area (Å²) in [7, 11) is 0. The fourth-order valence-corrected chi connectivity index (χ4v) is 2.22. The molecule has 0 aromatic carbocycles. The van der Waals surface area contributed by atoms with E-state index in [1.54, 1.807) is 0 Å². The van der Waals surface area contributed by atoms with Crippen LogP contribution >= 0.6 is 0 Å². The Labute approximate surface area is 105 Å². The molecule has 3 nitrogen and oxygen atoms in total. The minimum absolute atomic E-state index is 0.663. The molecule has 0 aliphatic heterocycles. The second-order valence-electron chi connectivity index (χ2n) is 5.76. The Morgan fingerprint density at radius 2 is 2.24 bits per heavy atom. The van der Waals surface area contributed by atoms with E-state index in [1.165, 1.54) is 25.7 Å². The highest BCUT2D eigenvalue weighted by atomic mass is 15.2. The number of anilines is 1. The van der Waals surface area contributed by atoms with Crippen molar-refractivity contribution in [1.82, 2.24) is 9.55 Å². The summed E-state index contributed by atoms with van der Waals surface area (Å²) in [5.41, 5.74) is 1.11. The number of aryl methyl sites for hydroxylation is 1. The number of hydrogen-bond acceptors (Lipinski definition) is 2. The van der Waals surface area contributed by atoms with Crippen molar-refractivity contribution in [2.24, 2.45) is 11.8 Å². The van der Waals surface area contributed by atoms with Crippen LogP contribution in [0.4, 0.5) is 5.95 Å². The van der Waals surface area contributed by atoms with Crippen LogP contribution in [-0.2, 0) is 6.54 Å². The van der Waals surface area contributed by atoms with Gasteiger partial charge in [0.15, 0.2) is 0 Å². The molecule has 17 heavy (non-hydrogen) atoms. The number of nitrogens with zero attached hydrogens (tertiary/aromatic N) is 2.